The minimum Gasteiger partial charge on any atom is -0.480 e. The number of carbonyl (C=O) groups excluding carboxylic acids is 2. The smallest absolute Gasteiger partial charge is 0.341 e. The number of amides is 2. The maximum absolute atomic E-state index is 12.2. The quantitative estimate of drug-likeness (QED) is 0.391. The molecule has 126 valence electrons. The number of nitrogens with one attached hydrogen (secondary N) is 1. The van der Waals surface area contributed by atoms with Gasteiger partial charge in [-0.1, -0.05) is 0 Å². The monoisotopic (exact) mass is 476 g/mol. The summed E-state index contributed by atoms with van der Waals surface area (Å²) in [6, 6.07) is 3.20. The number of rotatable bonds is 4. The fourth-order valence-electron chi connectivity index (χ4n) is 1.85. The molecule has 1 aliphatic rings. The number of nitrogens with zero attached hydrogens (tertiary/aromatic N) is 1. The number of thiocarbonyl (C=S) groups is 1. The van der Waals surface area contributed by atoms with Crippen LogP contribution in [-0.4, -0.2) is 46.6 Å². The molecular weight excluding hydrogens is 468 g/mol. The van der Waals surface area contributed by atoms with Gasteiger partial charge in [0.05, 0.1) is 8.95 Å². The average Bonchev–Trinajstić information content (AvgIpc) is 2.48. The summed E-state index contributed by atoms with van der Waals surface area (Å²) in [7, 11) is 1.46. The molecule has 1 aromatic rings. The first-order valence-electron chi connectivity index (χ1n) is 6.39. The number of benzene rings is 1. The van der Waals surface area contributed by atoms with Crippen molar-refractivity contribution in [3.63, 3.8) is 0 Å². The standard InChI is InChI=1S/C14H10Br2N2O5S/c1-18-13(22)7(12(21)17-14(18)24)2-6-3-8(15)11(9(16)4-6)23-5-10(19)20/h2-4H,5H2,1H3,(H,19,20)(H,17,21,24)/b7-2+. The lowest BCUT2D eigenvalue weighted by Crippen LogP contribution is -2.52. The Morgan fingerprint density at radius 2 is 1.96 bits per heavy atom. The molecule has 10 heteroatoms. The van der Waals surface area contributed by atoms with Crippen molar-refractivity contribution in [2.45, 2.75) is 0 Å². The average molecular weight is 478 g/mol. The molecule has 0 saturated carbocycles. The van der Waals surface area contributed by atoms with Crippen LogP contribution in [0.5, 0.6) is 5.75 Å². The van der Waals surface area contributed by atoms with Crippen molar-refractivity contribution < 1.29 is 24.2 Å². The lowest BCUT2D eigenvalue weighted by atomic mass is 10.1. The van der Waals surface area contributed by atoms with Crippen LogP contribution in [0.1, 0.15) is 5.56 Å². The largest absolute Gasteiger partial charge is 0.480 e. The zero-order valence-electron chi connectivity index (χ0n) is 12.1. The Balaban J connectivity index is 2.36. The van der Waals surface area contributed by atoms with Gasteiger partial charge >= 0.3 is 5.97 Å². The van der Waals surface area contributed by atoms with Gasteiger partial charge in [-0.3, -0.25) is 19.8 Å². The Bertz CT molecular complexity index is 770. The number of ether oxygens (including phenoxy) is 1. The van der Waals surface area contributed by atoms with Gasteiger partial charge in [-0.2, -0.15) is 0 Å². The Kier molecular flexibility index (Phi) is 5.73. The van der Waals surface area contributed by atoms with E-state index >= 15 is 0 Å². The van der Waals surface area contributed by atoms with Gasteiger partial charge in [-0.25, -0.2) is 4.79 Å². The number of hydrogen-bond donors (Lipinski definition) is 2. The van der Waals surface area contributed by atoms with Crippen molar-refractivity contribution in [1.29, 1.82) is 0 Å². The van der Waals surface area contributed by atoms with Crippen LogP contribution in [0.15, 0.2) is 26.7 Å². The molecular formula is C14H10Br2N2O5S. The van der Waals surface area contributed by atoms with Crippen LogP contribution < -0.4 is 10.1 Å². The van der Waals surface area contributed by atoms with E-state index in [9.17, 15) is 14.4 Å². The molecule has 0 bridgehead atoms. The Morgan fingerprint density at radius 3 is 2.50 bits per heavy atom. The Labute approximate surface area is 158 Å². The Morgan fingerprint density at radius 1 is 1.38 bits per heavy atom. The van der Waals surface area contributed by atoms with Gasteiger partial charge in [0.25, 0.3) is 11.8 Å². The van der Waals surface area contributed by atoms with Crippen molar-refractivity contribution >= 4 is 73.0 Å². The lowest BCUT2D eigenvalue weighted by molar-refractivity contribution is -0.139. The molecule has 1 aromatic carbocycles. The number of halogens is 2. The zero-order chi connectivity index (χ0) is 18.0. The molecule has 0 radical (unpaired) electrons. The van der Waals surface area contributed by atoms with Crippen LogP contribution in [0.2, 0.25) is 0 Å². The maximum atomic E-state index is 12.2. The molecule has 0 atom stereocenters. The Hall–Kier alpha value is -1.78. The summed E-state index contributed by atoms with van der Waals surface area (Å²) in [5.41, 5.74) is 0.472. The van der Waals surface area contributed by atoms with E-state index in [0.717, 1.165) is 4.90 Å². The SMILES string of the molecule is CN1C(=O)/C(=C/c2cc(Br)c(OCC(=O)O)c(Br)c2)C(=O)NC1=S. The van der Waals surface area contributed by atoms with E-state index in [0.29, 0.717) is 20.3 Å². The molecule has 0 spiro atoms. The molecule has 0 unspecified atom stereocenters. The molecule has 24 heavy (non-hydrogen) atoms. The maximum Gasteiger partial charge on any atom is 0.341 e. The first kappa shape index (κ1) is 18.6. The number of hydrogen-bond acceptors (Lipinski definition) is 5. The molecule has 1 saturated heterocycles. The minimum atomic E-state index is -1.11. The lowest BCUT2D eigenvalue weighted by Gasteiger charge is -2.25. The number of carbonyl (C=O) groups is 3. The van der Waals surface area contributed by atoms with E-state index in [1.165, 1.54) is 13.1 Å². The molecule has 0 aliphatic carbocycles. The molecule has 2 amide bonds. The van der Waals surface area contributed by atoms with E-state index in [4.69, 9.17) is 22.1 Å². The fourth-order valence-corrected chi connectivity index (χ4v) is 3.47. The van der Waals surface area contributed by atoms with Crippen molar-refractivity contribution in [1.82, 2.24) is 10.2 Å². The van der Waals surface area contributed by atoms with Crippen molar-refractivity contribution in [2.75, 3.05) is 13.7 Å². The molecule has 0 aromatic heterocycles. The molecule has 2 rings (SSSR count). The second-order valence-electron chi connectivity index (χ2n) is 4.68. The highest BCUT2D eigenvalue weighted by Gasteiger charge is 2.30. The predicted molar refractivity (Wildman–Crippen MR) is 96.5 cm³/mol. The fraction of sp³-hybridized carbons (Fsp3) is 0.143. The highest BCUT2D eigenvalue weighted by molar-refractivity contribution is 9.11. The number of carboxylic acid groups (broad SMARTS) is 1. The summed E-state index contributed by atoms with van der Waals surface area (Å²) in [6.45, 7) is -0.499. The minimum absolute atomic E-state index is 0.0435. The van der Waals surface area contributed by atoms with Crippen LogP contribution in [-0.2, 0) is 14.4 Å². The van der Waals surface area contributed by atoms with E-state index in [1.807, 2.05) is 0 Å². The zero-order valence-corrected chi connectivity index (χ0v) is 16.1. The second-order valence-corrected chi connectivity index (χ2v) is 6.77. The van der Waals surface area contributed by atoms with E-state index in [-0.39, 0.29) is 10.7 Å². The summed E-state index contributed by atoms with van der Waals surface area (Å²) in [5.74, 6) is -1.90. The van der Waals surface area contributed by atoms with Crippen LogP contribution >= 0.6 is 44.1 Å². The van der Waals surface area contributed by atoms with Crippen LogP contribution in [0.25, 0.3) is 6.08 Å². The summed E-state index contributed by atoms with van der Waals surface area (Å²) >= 11 is 11.4. The molecule has 1 fully saturated rings. The molecule has 1 heterocycles. The summed E-state index contributed by atoms with van der Waals surface area (Å²) in [4.78, 5) is 35.9. The summed E-state index contributed by atoms with van der Waals surface area (Å²) in [5, 5.41) is 11.1. The van der Waals surface area contributed by atoms with Gasteiger partial charge in [0.15, 0.2) is 11.7 Å². The van der Waals surface area contributed by atoms with Crippen LogP contribution in [0.4, 0.5) is 0 Å². The number of carboxylic acids is 1. The number of aliphatic carboxylic acids is 1. The van der Waals surface area contributed by atoms with E-state index in [1.54, 1.807) is 12.1 Å². The first-order valence-corrected chi connectivity index (χ1v) is 8.39. The highest BCUT2D eigenvalue weighted by atomic mass is 79.9. The molecule has 7 nitrogen and oxygen atoms in total. The van der Waals surface area contributed by atoms with Gasteiger partial charge in [-0.15, -0.1) is 0 Å². The van der Waals surface area contributed by atoms with Crippen LogP contribution in [0.3, 0.4) is 0 Å². The third-order valence-electron chi connectivity index (χ3n) is 2.98. The first-order chi connectivity index (χ1) is 11.2. The van der Waals surface area contributed by atoms with E-state index in [2.05, 4.69) is 37.2 Å². The topological polar surface area (TPSA) is 95.9 Å². The molecule has 2 N–H and O–H groups in total. The third-order valence-corrected chi connectivity index (χ3v) is 4.53. The van der Waals surface area contributed by atoms with Gasteiger partial charge in [-0.05, 0) is 67.8 Å². The third kappa shape index (κ3) is 4.00. The predicted octanol–water partition coefficient (Wildman–Crippen LogP) is 1.93. The van der Waals surface area contributed by atoms with E-state index < -0.39 is 24.4 Å². The normalized spacial score (nSPS) is 16.4. The van der Waals surface area contributed by atoms with Gasteiger partial charge in [0.2, 0.25) is 0 Å². The highest BCUT2D eigenvalue weighted by Crippen LogP contribution is 2.35. The van der Waals surface area contributed by atoms with Gasteiger partial charge in [0, 0.05) is 7.05 Å². The van der Waals surface area contributed by atoms with Crippen molar-refractivity contribution in [3.8, 4) is 5.75 Å². The van der Waals surface area contributed by atoms with Crippen molar-refractivity contribution in [2.24, 2.45) is 0 Å². The second kappa shape index (κ2) is 7.41. The summed E-state index contributed by atoms with van der Waals surface area (Å²) < 4.78 is 6.10. The molecule has 1 aliphatic heterocycles. The number of likely N-dealkylation sites (N-methyl/N-ethyl adjacent to an activating group) is 1. The van der Waals surface area contributed by atoms with Gasteiger partial charge in [0.1, 0.15) is 11.3 Å². The van der Waals surface area contributed by atoms with Crippen LogP contribution in [0, 0.1) is 0 Å². The van der Waals surface area contributed by atoms with Crippen molar-refractivity contribution in [3.05, 3.63) is 32.2 Å². The van der Waals surface area contributed by atoms with Gasteiger partial charge < -0.3 is 9.84 Å². The summed E-state index contributed by atoms with van der Waals surface area (Å²) in [6.07, 6.45) is 1.41.